The molecule has 4 rings (SSSR count). The standard InChI is InChI=1S/C24H24O14/c1-8(25)35-7-14-16(28)19(31)21(33)24(37-14)36-13-6-11(27)15-18(30)20(32)22(38-23(15)17(13)29)9-3-4-10(26)12(5-9)34-2/h3-6,14,16,19,21,24,26-29,31-33H,7H2,1-2H3/t14?,16-,19+,21?,24-/m1/s1. The molecule has 38 heavy (non-hydrogen) atoms. The highest BCUT2D eigenvalue weighted by Crippen LogP contribution is 2.44. The first-order valence-electron chi connectivity index (χ1n) is 11.1. The van der Waals surface area contributed by atoms with Gasteiger partial charge in [-0.15, -0.1) is 0 Å². The zero-order valence-corrected chi connectivity index (χ0v) is 19.9. The van der Waals surface area contributed by atoms with E-state index in [4.69, 9.17) is 23.4 Å². The van der Waals surface area contributed by atoms with Crippen LogP contribution < -0.4 is 14.9 Å². The van der Waals surface area contributed by atoms with E-state index < -0.39 is 88.4 Å². The number of phenolic OH excluding ortho intramolecular Hbond substituents is 3. The van der Waals surface area contributed by atoms with Gasteiger partial charge >= 0.3 is 5.97 Å². The molecule has 2 heterocycles. The van der Waals surface area contributed by atoms with E-state index in [1.165, 1.54) is 25.3 Å². The maximum Gasteiger partial charge on any atom is 0.302 e. The molecule has 14 nitrogen and oxygen atoms in total. The molecule has 0 radical (unpaired) electrons. The Labute approximate surface area is 213 Å². The fourth-order valence-electron chi connectivity index (χ4n) is 3.88. The lowest BCUT2D eigenvalue weighted by molar-refractivity contribution is -0.278. The Morgan fingerprint density at radius 2 is 1.66 bits per heavy atom. The maximum absolute atomic E-state index is 12.8. The number of methoxy groups -OCH3 is 1. The van der Waals surface area contributed by atoms with Gasteiger partial charge in [-0.25, -0.2) is 0 Å². The second-order valence-electron chi connectivity index (χ2n) is 8.38. The highest BCUT2D eigenvalue weighted by Gasteiger charge is 2.46. The van der Waals surface area contributed by atoms with Crippen molar-refractivity contribution in [3.05, 3.63) is 34.5 Å². The molecule has 2 aromatic carbocycles. The molecule has 0 bridgehead atoms. The molecule has 1 aromatic heterocycles. The third kappa shape index (κ3) is 4.72. The Hall–Kier alpha value is -4.24. The van der Waals surface area contributed by atoms with E-state index in [0.29, 0.717) is 0 Å². The summed E-state index contributed by atoms with van der Waals surface area (Å²) in [7, 11) is 1.28. The lowest BCUT2D eigenvalue weighted by Crippen LogP contribution is -2.60. The van der Waals surface area contributed by atoms with Gasteiger partial charge in [-0.2, -0.15) is 0 Å². The molecule has 0 amide bonds. The number of phenols is 3. The maximum atomic E-state index is 12.8. The van der Waals surface area contributed by atoms with Gasteiger partial charge in [-0.3, -0.25) is 9.59 Å². The second-order valence-corrected chi connectivity index (χ2v) is 8.38. The van der Waals surface area contributed by atoms with Crippen LogP contribution >= 0.6 is 0 Å². The fraction of sp³-hybridized carbons (Fsp3) is 0.333. The molecule has 0 saturated carbocycles. The van der Waals surface area contributed by atoms with Crippen LogP contribution in [-0.4, -0.2) is 86.1 Å². The van der Waals surface area contributed by atoms with E-state index in [-0.39, 0.29) is 17.1 Å². The summed E-state index contributed by atoms with van der Waals surface area (Å²) in [5.41, 5.74) is -1.66. The van der Waals surface area contributed by atoms with Crippen LogP contribution in [0.2, 0.25) is 0 Å². The van der Waals surface area contributed by atoms with Gasteiger partial charge in [0, 0.05) is 18.6 Å². The first kappa shape index (κ1) is 26.8. The van der Waals surface area contributed by atoms with Crippen molar-refractivity contribution in [1.29, 1.82) is 0 Å². The largest absolute Gasteiger partial charge is 0.507 e. The lowest BCUT2D eigenvalue weighted by atomic mass is 9.99. The van der Waals surface area contributed by atoms with Crippen LogP contribution in [-0.2, 0) is 14.3 Å². The SMILES string of the molecule is COc1cc(-c2oc3c(O)c(O[C@@H]4OC(COC(C)=O)[C@@H](O)[C@H](O)C4O)cc(O)c3c(=O)c2O)ccc1O. The summed E-state index contributed by atoms with van der Waals surface area (Å²) < 4.78 is 26.2. The lowest BCUT2D eigenvalue weighted by Gasteiger charge is -2.39. The molecule has 0 spiro atoms. The van der Waals surface area contributed by atoms with Crippen molar-refractivity contribution < 1.29 is 63.9 Å². The molecule has 14 heteroatoms. The number of carbonyl (C=O) groups excluding carboxylic acids is 1. The molecule has 2 unspecified atom stereocenters. The van der Waals surface area contributed by atoms with E-state index in [2.05, 4.69) is 0 Å². The fourth-order valence-corrected chi connectivity index (χ4v) is 3.88. The summed E-state index contributed by atoms with van der Waals surface area (Å²) in [6, 6.07) is 4.54. The Morgan fingerprint density at radius 1 is 0.947 bits per heavy atom. The van der Waals surface area contributed by atoms with Crippen LogP contribution in [0.5, 0.6) is 34.5 Å². The Morgan fingerprint density at radius 3 is 2.32 bits per heavy atom. The van der Waals surface area contributed by atoms with Crippen molar-refractivity contribution in [2.75, 3.05) is 13.7 Å². The van der Waals surface area contributed by atoms with Gasteiger partial charge in [0.2, 0.25) is 23.2 Å². The molecule has 204 valence electrons. The monoisotopic (exact) mass is 536 g/mol. The zero-order chi connectivity index (χ0) is 27.9. The highest BCUT2D eigenvalue weighted by molar-refractivity contribution is 5.93. The molecule has 1 fully saturated rings. The van der Waals surface area contributed by atoms with Crippen molar-refractivity contribution in [3.63, 3.8) is 0 Å². The average Bonchev–Trinajstić information content (AvgIpc) is 2.88. The van der Waals surface area contributed by atoms with E-state index in [0.717, 1.165) is 13.0 Å². The normalized spacial score (nSPS) is 23.2. The van der Waals surface area contributed by atoms with Gasteiger partial charge in [-0.1, -0.05) is 0 Å². The number of ether oxygens (including phenoxy) is 4. The molecular weight excluding hydrogens is 512 g/mol. The molecule has 1 saturated heterocycles. The molecule has 3 aromatic rings. The van der Waals surface area contributed by atoms with E-state index in [1.54, 1.807) is 0 Å². The van der Waals surface area contributed by atoms with E-state index in [9.17, 15) is 45.3 Å². The van der Waals surface area contributed by atoms with Crippen LogP contribution in [0.4, 0.5) is 0 Å². The summed E-state index contributed by atoms with van der Waals surface area (Å²) in [6.07, 6.45) is -8.40. The zero-order valence-electron chi connectivity index (χ0n) is 19.9. The van der Waals surface area contributed by atoms with Crippen LogP contribution in [0.25, 0.3) is 22.3 Å². The number of rotatable bonds is 6. The van der Waals surface area contributed by atoms with E-state index in [1.807, 2.05) is 0 Å². The van der Waals surface area contributed by atoms with Crippen molar-refractivity contribution in [2.24, 2.45) is 0 Å². The summed E-state index contributed by atoms with van der Waals surface area (Å²) >= 11 is 0. The first-order chi connectivity index (χ1) is 17.9. The number of esters is 1. The number of carbonyl (C=O) groups is 1. The smallest absolute Gasteiger partial charge is 0.302 e. The Balaban J connectivity index is 1.77. The molecule has 0 aliphatic carbocycles. The van der Waals surface area contributed by atoms with Gasteiger partial charge in [0.05, 0.1) is 7.11 Å². The minimum absolute atomic E-state index is 0.0127. The topological polar surface area (TPSA) is 226 Å². The summed E-state index contributed by atoms with van der Waals surface area (Å²) in [4.78, 5) is 24.0. The minimum atomic E-state index is -1.86. The van der Waals surface area contributed by atoms with Crippen LogP contribution in [0.15, 0.2) is 33.5 Å². The van der Waals surface area contributed by atoms with Crippen molar-refractivity contribution in [2.45, 2.75) is 37.6 Å². The average molecular weight is 536 g/mol. The number of aliphatic hydroxyl groups excluding tert-OH is 3. The second kappa shape index (κ2) is 10.3. The van der Waals surface area contributed by atoms with Gasteiger partial charge in [0.25, 0.3) is 0 Å². The molecule has 5 atom stereocenters. The summed E-state index contributed by atoms with van der Waals surface area (Å²) in [6.45, 7) is 0.612. The highest BCUT2D eigenvalue weighted by atomic mass is 16.7. The van der Waals surface area contributed by atoms with Crippen molar-refractivity contribution in [1.82, 2.24) is 0 Å². The number of hydrogen-bond donors (Lipinski definition) is 7. The number of aliphatic hydroxyl groups is 3. The van der Waals surface area contributed by atoms with Crippen LogP contribution in [0.1, 0.15) is 6.92 Å². The minimum Gasteiger partial charge on any atom is -0.507 e. The predicted molar refractivity (Wildman–Crippen MR) is 125 cm³/mol. The molecular formula is C24H24O14. The third-order valence-corrected chi connectivity index (χ3v) is 5.87. The number of aromatic hydroxyl groups is 4. The summed E-state index contributed by atoms with van der Waals surface area (Å²) in [5.74, 6) is -4.51. The van der Waals surface area contributed by atoms with E-state index >= 15 is 0 Å². The molecule has 1 aliphatic heterocycles. The van der Waals surface area contributed by atoms with Gasteiger partial charge < -0.3 is 59.1 Å². The first-order valence-corrected chi connectivity index (χ1v) is 11.1. The predicted octanol–water partition coefficient (Wildman–Crippen LogP) is 0.0405. The number of hydrogen-bond acceptors (Lipinski definition) is 14. The van der Waals surface area contributed by atoms with Crippen molar-refractivity contribution in [3.8, 4) is 45.8 Å². The number of fused-ring (bicyclic) bond motifs is 1. The van der Waals surface area contributed by atoms with Gasteiger partial charge in [0.15, 0.2) is 28.6 Å². The van der Waals surface area contributed by atoms with Crippen LogP contribution in [0.3, 0.4) is 0 Å². The van der Waals surface area contributed by atoms with Gasteiger partial charge in [0.1, 0.15) is 42.2 Å². The third-order valence-electron chi connectivity index (χ3n) is 5.87. The van der Waals surface area contributed by atoms with Gasteiger partial charge in [-0.05, 0) is 18.2 Å². The molecule has 1 aliphatic rings. The Bertz CT molecular complexity index is 1430. The van der Waals surface area contributed by atoms with Crippen molar-refractivity contribution >= 4 is 16.9 Å². The Kier molecular flexibility index (Phi) is 7.24. The molecule has 7 N–H and O–H groups in total. The number of benzene rings is 2. The quantitative estimate of drug-likeness (QED) is 0.163. The summed E-state index contributed by atoms with van der Waals surface area (Å²) in [5, 5.41) is 71.7. The van der Waals surface area contributed by atoms with Crippen LogP contribution in [0, 0.1) is 0 Å².